The molecule has 0 spiro atoms. The summed E-state index contributed by atoms with van der Waals surface area (Å²) in [5.41, 5.74) is 3.64. The minimum atomic E-state index is -0.269. The fourth-order valence-electron chi connectivity index (χ4n) is 1.49. The molecule has 1 aromatic carbocycles. The Kier molecular flexibility index (Phi) is 4.31. The molecule has 0 fully saturated rings. The second-order valence-electron chi connectivity index (χ2n) is 4.08. The summed E-state index contributed by atoms with van der Waals surface area (Å²) in [5.74, 6) is -0.710. The predicted octanol–water partition coefficient (Wildman–Crippen LogP) is 1.56. The molecule has 0 aliphatic carbocycles. The maximum Gasteiger partial charge on any atom is 0.246 e. The first-order chi connectivity index (χ1) is 9.54. The van der Waals surface area contributed by atoms with Gasteiger partial charge < -0.3 is 10.2 Å². The molecule has 0 aliphatic heterocycles. The highest BCUT2D eigenvalue weighted by Crippen LogP contribution is 2.23. The van der Waals surface area contributed by atoms with Gasteiger partial charge in [-0.2, -0.15) is 5.10 Å². The number of phenols is 2. The van der Waals surface area contributed by atoms with Crippen molar-refractivity contribution in [2.45, 2.75) is 13.3 Å². The zero-order valence-electron chi connectivity index (χ0n) is 10.7. The first kappa shape index (κ1) is 14.0. The van der Waals surface area contributed by atoms with Gasteiger partial charge in [0, 0.05) is 5.38 Å². The summed E-state index contributed by atoms with van der Waals surface area (Å²) in [5, 5.41) is 25.0. The topological polar surface area (TPSA) is 94.8 Å². The SMILES string of the molecule is Cc1nc(CC(=O)NN=Cc2ccc(O)c(O)c2)cs1. The molecule has 20 heavy (non-hydrogen) atoms. The van der Waals surface area contributed by atoms with E-state index >= 15 is 0 Å². The number of carbonyl (C=O) groups is 1. The van der Waals surface area contributed by atoms with Crippen LogP contribution >= 0.6 is 11.3 Å². The fraction of sp³-hybridized carbons (Fsp3) is 0.154. The number of thiazole rings is 1. The van der Waals surface area contributed by atoms with Crippen molar-refractivity contribution in [3.8, 4) is 11.5 Å². The Balaban J connectivity index is 1.89. The number of benzene rings is 1. The van der Waals surface area contributed by atoms with E-state index in [9.17, 15) is 9.90 Å². The lowest BCUT2D eigenvalue weighted by Crippen LogP contribution is -2.19. The molecule has 0 saturated heterocycles. The molecule has 0 radical (unpaired) electrons. The Morgan fingerprint density at radius 1 is 1.45 bits per heavy atom. The van der Waals surface area contributed by atoms with Gasteiger partial charge in [-0.05, 0) is 30.7 Å². The van der Waals surface area contributed by atoms with Gasteiger partial charge in [-0.15, -0.1) is 11.3 Å². The Bertz CT molecular complexity index is 652. The second-order valence-corrected chi connectivity index (χ2v) is 5.14. The molecular formula is C13H13N3O3S. The number of aryl methyl sites for hydroxylation is 1. The average molecular weight is 291 g/mol. The quantitative estimate of drug-likeness (QED) is 0.452. The molecule has 0 aliphatic rings. The van der Waals surface area contributed by atoms with Gasteiger partial charge >= 0.3 is 0 Å². The van der Waals surface area contributed by atoms with Crippen molar-refractivity contribution in [2.24, 2.45) is 5.10 Å². The highest BCUT2D eigenvalue weighted by molar-refractivity contribution is 7.09. The normalized spacial score (nSPS) is 10.8. The minimum absolute atomic E-state index is 0.169. The van der Waals surface area contributed by atoms with Crippen molar-refractivity contribution < 1.29 is 15.0 Å². The maximum absolute atomic E-state index is 11.6. The highest BCUT2D eigenvalue weighted by atomic mass is 32.1. The summed E-state index contributed by atoms with van der Waals surface area (Å²) in [6.45, 7) is 1.88. The van der Waals surface area contributed by atoms with E-state index in [0.717, 1.165) is 5.01 Å². The predicted molar refractivity (Wildman–Crippen MR) is 76.1 cm³/mol. The smallest absolute Gasteiger partial charge is 0.246 e. The number of hydrazone groups is 1. The number of aromatic hydroxyl groups is 2. The molecular weight excluding hydrogens is 278 g/mol. The molecule has 104 valence electrons. The number of nitrogens with one attached hydrogen (secondary N) is 1. The molecule has 7 heteroatoms. The number of carbonyl (C=O) groups excluding carboxylic acids is 1. The average Bonchev–Trinajstić information content (AvgIpc) is 2.79. The van der Waals surface area contributed by atoms with Crippen LogP contribution in [0.2, 0.25) is 0 Å². The van der Waals surface area contributed by atoms with Gasteiger partial charge in [-0.1, -0.05) is 0 Å². The number of rotatable bonds is 4. The molecule has 1 heterocycles. The number of hydrogen-bond acceptors (Lipinski definition) is 6. The fourth-order valence-corrected chi connectivity index (χ4v) is 2.11. The van der Waals surface area contributed by atoms with Crippen LogP contribution in [0.15, 0.2) is 28.7 Å². The number of phenolic OH excluding ortho intramolecular Hbond substituents is 2. The van der Waals surface area contributed by atoms with Crippen molar-refractivity contribution >= 4 is 23.5 Å². The van der Waals surface area contributed by atoms with Crippen LogP contribution in [-0.2, 0) is 11.2 Å². The van der Waals surface area contributed by atoms with Crippen LogP contribution in [0, 0.1) is 6.92 Å². The van der Waals surface area contributed by atoms with E-state index in [1.54, 1.807) is 6.07 Å². The molecule has 2 aromatic rings. The van der Waals surface area contributed by atoms with Gasteiger partial charge in [0.2, 0.25) is 5.91 Å². The van der Waals surface area contributed by atoms with Crippen LogP contribution in [0.4, 0.5) is 0 Å². The number of hydrogen-bond donors (Lipinski definition) is 3. The molecule has 3 N–H and O–H groups in total. The largest absolute Gasteiger partial charge is 0.504 e. The highest BCUT2D eigenvalue weighted by Gasteiger charge is 2.05. The van der Waals surface area contributed by atoms with Gasteiger partial charge in [0.25, 0.3) is 0 Å². The Morgan fingerprint density at radius 3 is 2.90 bits per heavy atom. The number of nitrogens with zero attached hydrogens (tertiary/aromatic N) is 2. The minimum Gasteiger partial charge on any atom is -0.504 e. The van der Waals surface area contributed by atoms with Crippen molar-refractivity contribution in [1.82, 2.24) is 10.4 Å². The molecule has 0 unspecified atom stereocenters. The lowest BCUT2D eigenvalue weighted by atomic mass is 10.2. The van der Waals surface area contributed by atoms with E-state index in [1.807, 2.05) is 12.3 Å². The van der Waals surface area contributed by atoms with E-state index in [2.05, 4.69) is 15.5 Å². The van der Waals surface area contributed by atoms with Gasteiger partial charge in [0.05, 0.1) is 23.3 Å². The first-order valence-corrected chi connectivity index (χ1v) is 6.67. The molecule has 0 bridgehead atoms. The second kappa shape index (κ2) is 6.16. The molecule has 0 atom stereocenters. The van der Waals surface area contributed by atoms with Gasteiger partial charge in [-0.25, -0.2) is 10.4 Å². The van der Waals surface area contributed by atoms with Crippen molar-refractivity contribution in [3.05, 3.63) is 39.8 Å². The zero-order valence-corrected chi connectivity index (χ0v) is 11.5. The van der Waals surface area contributed by atoms with Gasteiger partial charge in [0.1, 0.15) is 0 Å². The summed E-state index contributed by atoms with van der Waals surface area (Å²) in [6, 6.07) is 4.25. The van der Waals surface area contributed by atoms with Crippen molar-refractivity contribution in [1.29, 1.82) is 0 Å². The summed E-state index contributed by atoms with van der Waals surface area (Å²) >= 11 is 1.49. The summed E-state index contributed by atoms with van der Waals surface area (Å²) in [6.07, 6.45) is 1.55. The Morgan fingerprint density at radius 2 is 2.25 bits per heavy atom. The van der Waals surface area contributed by atoms with E-state index < -0.39 is 0 Å². The molecule has 6 nitrogen and oxygen atoms in total. The van der Waals surface area contributed by atoms with Crippen LogP contribution in [0.25, 0.3) is 0 Å². The lowest BCUT2D eigenvalue weighted by molar-refractivity contribution is -0.120. The van der Waals surface area contributed by atoms with Crippen LogP contribution in [0.3, 0.4) is 0 Å². The number of aromatic nitrogens is 1. The molecule has 2 rings (SSSR count). The van der Waals surface area contributed by atoms with Gasteiger partial charge in [-0.3, -0.25) is 4.79 Å². The third-order valence-corrected chi connectivity index (χ3v) is 3.23. The Labute approximate surface area is 119 Å². The lowest BCUT2D eigenvalue weighted by Gasteiger charge is -1.99. The maximum atomic E-state index is 11.6. The van der Waals surface area contributed by atoms with Crippen LogP contribution in [0.5, 0.6) is 11.5 Å². The standard InChI is InChI=1S/C13H13N3O3S/c1-8-15-10(7-20-8)5-13(19)16-14-6-9-2-3-11(17)12(18)4-9/h2-4,6-7,17-18H,5H2,1H3,(H,16,19). The number of amides is 1. The molecule has 1 aromatic heterocycles. The van der Waals surface area contributed by atoms with Crippen LogP contribution in [-0.4, -0.2) is 27.3 Å². The summed E-state index contributed by atoms with van der Waals surface area (Å²) < 4.78 is 0. The third kappa shape index (κ3) is 3.79. The summed E-state index contributed by atoms with van der Waals surface area (Å²) in [7, 11) is 0. The van der Waals surface area contributed by atoms with E-state index in [4.69, 9.17) is 5.11 Å². The van der Waals surface area contributed by atoms with E-state index in [-0.39, 0.29) is 23.8 Å². The zero-order chi connectivity index (χ0) is 14.5. The van der Waals surface area contributed by atoms with Crippen LogP contribution in [0.1, 0.15) is 16.3 Å². The summed E-state index contributed by atoms with van der Waals surface area (Å²) in [4.78, 5) is 15.8. The molecule has 0 saturated carbocycles. The van der Waals surface area contributed by atoms with E-state index in [1.165, 1.54) is 29.7 Å². The van der Waals surface area contributed by atoms with Crippen molar-refractivity contribution in [3.63, 3.8) is 0 Å². The van der Waals surface area contributed by atoms with E-state index in [0.29, 0.717) is 11.3 Å². The van der Waals surface area contributed by atoms with Crippen LogP contribution < -0.4 is 5.43 Å². The van der Waals surface area contributed by atoms with Gasteiger partial charge in [0.15, 0.2) is 11.5 Å². The van der Waals surface area contributed by atoms with Crippen molar-refractivity contribution in [2.75, 3.05) is 0 Å². The monoisotopic (exact) mass is 291 g/mol. The first-order valence-electron chi connectivity index (χ1n) is 5.79. The Hall–Kier alpha value is -2.41. The molecule has 1 amide bonds. The third-order valence-electron chi connectivity index (χ3n) is 2.41.